The molecule has 4 nitrogen and oxygen atoms in total. The van der Waals surface area contributed by atoms with Crippen molar-refractivity contribution in [3.05, 3.63) is 23.5 Å². The number of aryl methyl sites for hydroxylation is 2. The Kier molecular flexibility index (Phi) is 4.82. The van der Waals surface area contributed by atoms with Crippen LogP contribution in [0.15, 0.2) is 12.1 Å². The monoisotopic (exact) mass is 251 g/mol. The smallest absolute Gasteiger partial charge is 0.314 e. The number of hydrogen-bond donors (Lipinski definition) is 2. The lowest BCUT2D eigenvalue weighted by atomic mass is 9.97. The van der Waals surface area contributed by atoms with E-state index in [0.717, 1.165) is 6.54 Å². The molecule has 0 saturated carbocycles. The Morgan fingerprint density at radius 2 is 1.72 bits per heavy atom. The van der Waals surface area contributed by atoms with Crippen molar-refractivity contribution < 1.29 is 4.79 Å². The van der Waals surface area contributed by atoms with E-state index in [1.54, 1.807) is 0 Å². The number of carbonyl (C=O) groups excluding carboxylic acids is 1. The highest BCUT2D eigenvalue weighted by atomic mass is 16.2. The Balaban J connectivity index is 2.28. The Labute approximate surface area is 110 Å². The molecular weight excluding hydrogens is 226 g/mol. The third kappa shape index (κ3) is 4.82. The van der Waals surface area contributed by atoms with E-state index in [-0.39, 0.29) is 11.4 Å². The van der Waals surface area contributed by atoms with Crippen molar-refractivity contribution in [2.45, 2.75) is 41.2 Å². The standard InChI is InChI=1S/C14H25N3O/c1-11-6-7-12(2)17(11)9-8-15-13(18)16-10-14(3,4)5/h6-7H,8-10H2,1-5H3,(H2,15,16,18). The summed E-state index contributed by atoms with van der Waals surface area (Å²) in [6, 6.07) is 4.09. The number of urea groups is 1. The summed E-state index contributed by atoms with van der Waals surface area (Å²) in [5, 5.41) is 5.75. The van der Waals surface area contributed by atoms with Crippen molar-refractivity contribution >= 4 is 6.03 Å². The zero-order chi connectivity index (χ0) is 13.8. The van der Waals surface area contributed by atoms with Crippen LogP contribution in [0.2, 0.25) is 0 Å². The molecule has 1 rings (SSSR count). The first kappa shape index (κ1) is 14.6. The van der Waals surface area contributed by atoms with Gasteiger partial charge in [-0.1, -0.05) is 20.8 Å². The summed E-state index contributed by atoms with van der Waals surface area (Å²) in [5.41, 5.74) is 2.57. The highest BCUT2D eigenvalue weighted by Gasteiger charge is 2.11. The largest absolute Gasteiger partial charge is 0.347 e. The second kappa shape index (κ2) is 5.94. The van der Waals surface area contributed by atoms with Gasteiger partial charge in [-0.3, -0.25) is 0 Å². The Hall–Kier alpha value is -1.45. The SMILES string of the molecule is Cc1ccc(C)n1CCNC(=O)NCC(C)(C)C. The van der Waals surface area contributed by atoms with Gasteiger partial charge in [0.25, 0.3) is 0 Å². The summed E-state index contributed by atoms with van der Waals surface area (Å²) < 4.78 is 2.20. The van der Waals surface area contributed by atoms with Gasteiger partial charge in [0.1, 0.15) is 0 Å². The molecule has 1 heterocycles. The van der Waals surface area contributed by atoms with Gasteiger partial charge in [0, 0.05) is 31.0 Å². The summed E-state index contributed by atoms with van der Waals surface area (Å²) in [4.78, 5) is 11.6. The second-order valence-electron chi connectivity index (χ2n) is 5.94. The summed E-state index contributed by atoms with van der Waals surface area (Å²) in [5.74, 6) is 0. The van der Waals surface area contributed by atoms with Crippen molar-refractivity contribution in [1.29, 1.82) is 0 Å². The maximum atomic E-state index is 11.6. The fourth-order valence-electron chi connectivity index (χ4n) is 1.74. The van der Waals surface area contributed by atoms with E-state index in [1.165, 1.54) is 11.4 Å². The molecule has 0 aliphatic heterocycles. The van der Waals surface area contributed by atoms with Gasteiger partial charge in [-0.2, -0.15) is 0 Å². The molecule has 0 aliphatic rings. The number of hydrogen-bond acceptors (Lipinski definition) is 1. The second-order valence-corrected chi connectivity index (χ2v) is 5.94. The van der Waals surface area contributed by atoms with Gasteiger partial charge < -0.3 is 15.2 Å². The van der Waals surface area contributed by atoms with Gasteiger partial charge in [-0.25, -0.2) is 4.79 Å². The molecule has 0 radical (unpaired) electrons. The fraction of sp³-hybridized carbons (Fsp3) is 0.643. The average molecular weight is 251 g/mol. The van der Waals surface area contributed by atoms with Gasteiger partial charge in [-0.15, -0.1) is 0 Å². The minimum atomic E-state index is -0.0904. The van der Waals surface area contributed by atoms with Gasteiger partial charge in [-0.05, 0) is 31.4 Å². The first-order chi connectivity index (χ1) is 8.29. The summed E-state index contributed by atoms with van der Waals surface area (Å²) in [6.45, 7) is 12.6. The highest BCUT2D eigenvalue weighted by molar-refractivity contribution is 5.73. The molecule has 2 N–H and O–H groups in total. The van der Waals surface area contributed by atoms with Crippen molar-refractivity contribution in [1.82, 2.24) is 15.2 Å². The molecule has 0 aromatic carbocycles. The predicted octanol–water partition coefficient (Wildman–Crippen LogP) is 2.45. The van der Waals surface area contributed by atoms with E-state index in [2.05, 4.69) is 62.0 Å². The normalized spacial score (nSPS) is 11.4. The molecular formula is C14H25N3O. The van der Waals surface area contributed by atoms with Crippen LogP contribution in [0.3, 0.4) is 0 Å². The molecule has 0 spiro atoms. The van der Waals surface area contributed by atoms with Crippen LogP contribution in [0, 0.1) is 19.3 Å². The third-order valence-electron chi connectivity index (χ3n) is 2.82. The highest BCUT2D eigenvalue weighted by Crippen LogP contribution is 2.10. The molecule has 0 fully saturated rings. The van der Waals surface area contributed by atoms with Crippen molar-refractivity contribution in [2.75, 3.05) is 13.1 Å². The lowest BCUT2D eigenvalue weighted by molar-refractivity contribution is 0.235. The van der Waals surface area contributed by atoms with Crippen LogP contribution in [-0.2, 0) is 6.54 Å². The maximum Gasteiger partial charge on any atom is 0.314 e. The predicted molar refractivity (Wildman–Crippen MR) is 74.8 cm³/mol. The zero-order valence-corrected chi connectivity index (χ0v) is 12.1. The fourth-order valence-corrected chi connectivity index (χ4v) is 1.74. The first-order valence-corrected chi connectivity index (χ1v) is 6.44. The number of rotatable bonds is 4. The topological polar surface area (TPSA) is 46.1 Å². The minimum Gasteiger partial charge on any atom is -0.347 e. The summed E-state index contributed by atoms with van der Waals surface area (Å²) in [7, 11) is 0. The minimum absolute atomic E-state index is 0.0904. The Morgan fingerprint density at radius 3 is 2.22 bits per heavy atom. The van der Waals surface area contributed by atoms with Crippen LogP contribution in [0.25, 0.3) is 0 Å². The maximum absolute atomic E-state index is 11.6. The van der Waals surface area contributed by atoms with Crippen LogP contribution in [0.4, 0.5) is 4.79 Å². The third-order valence-corrected chi connectivity index (χ3v) is 2.82. The molecule has 2 amide bonds. The Morgan fingerprint density at radius 1 is 1.17 bits per heavy atom. The van der Waals surface area contributed by atoms with Crippen LogP contribution < -0.4 is 10.6 Å². The molecule has 102 valence electrons. The summed E-state index contributed by atoms with van der Waals surface area (Å²) in [6.07, 6.45) is 0. The van der Waals surface area contributed by atoms with Crippen molar-refractivity contribution in [2.24, 2.45) is 5.41 Å². The van der Waals surface area contributed by atoms with E-state index < -0.39 is 0 Å². The molecule has 1 aromatic rings. The lowest BCUT2D eigenvalue weighted by Crippen LogP contribution is -2.41. The lowest BCUT2D eigenvalue weighted by Gasteiger charge is -2.19. The van der Waals surface area contributed by atoms with Gasteiger partial charge >= 0.3 is 6.03 Å². The van der Waals surface area contributed by atoms with Crippen LogP contribution in [0.5, 0.6) is 0 Å². The van der Waals surface area contributed by atoms with Crippen LogP contribution in [0.1, 0.15) is 32.2 Å². The quantitative estimate of drug-likeness (QED) is 0.848. The number of nitrogens with zero attached hydrogens (tertiary/aromatic N) is 1. The van der Waals surface area contributed by atoms with Crippen molar-refractivity contribution in [3.8, 4) is 0 Å². The van der Waals surface area contributed by atoms with E-state index in [0.29, 0.717) is 13.1 Å². The molecule has 0 atom stereocenters. The van der Waals surface area contributed by atoms with Crippen LogP contribution >= 0.6 is 0 Å². The molecule has 4 heteroatoms. The van der Waals surface area contributed by atoms with Crippen LogP contribution in [-0.4, -0.2) is 23.7 Å². The molecule has 0 bridgehead atoms. The molecule has 1 aromatic heterocycles. The van der Waals surface area contributed by atoms with Crippen molar-refractivity contribution in [3.63, 3.8) is 0 Å². The average Bonchev–Trinajstić information content (AvgIpc) is 2.57. The summed E-state index contributed by atoms with van der Waals surface area (Å²) >= 11 is 0. The molecule has 0 aliphatic carbocycles. The zero-order valence-electron chi connectivity index (χ0n) is 12.1. The first-order valence-electron chi connectivity index (χ1n) is 6.44. The molecule has 0 unspecified atom stereocenters. The number of aromatic nitrogens is 1. The van der Waals surface area contributed by atoms with E-state index in [1.807, 2.05) is 0 Å². The molecule has 18 heavy (non-hydrogen) atoms. The van der Waals surface area contributed by atoms with E-state index in [4.69, 9.17) is 0 Å². The molecule has 0 saturated heterocycles. The van der Waals surface area contributed by atoms with Gasteiger partial charge in [0.05, 0.1) is 0 Å². The Bertz CT molecular complexity index is 382. The van der Waals surface area contributed by atoms with E-state index >= 15 is 0 Å². The van der Waals surface area contributed by atoms with E-state index in [9.17, 15) is 4.79 Å². The number of nitrogens with one attached hydrogen (secondary N) is 2. The van der Waals surface area contributed by atoms with Gasteiger partial charge in [0.2, 0.25) is 0 Å². The number of amides is 2. The number of carbonyl (C=O) groups is 1. The van der Waals surface area contributed by atoms with Gasteiger partial charge in [0.15, 0.2) is 0 Å².